The first-order valence-electron chi connectivity index (χ1n) is 8.75. The number of carbonyl (C=O) groups excluding carboxylic acids is 1. The molecule has 0 radical (unpaired) electrons. The van der Waals surface area contributed by atoms with Gasteiger partial charge in [0, 0.05) is 43.1 Å². The van der Waals surface area contributed by atoms with Crippen molar-refractivity contribution in [2.45, 2.75) is 13.5 Å². The topological polar surface area (TPSA) is 32.3 Å². The van der Waals surface area contributed by atoms with Gasteiger partial charge in [-0.25, -0.2) is 0 Å². The monoisotopic (exact) mass is 344 g/mol. The first-order chi connectivity index (χ1) is 12.5. The number of hydrogen-bond acceptors (Lipinski definition) is 3. The predicted molar refractivity (Wildman–Crippen MR) is 109 cm³/mol. The summed E-state index contributed by atoms with van der Waals surface area (Å²) >= 11 is 0. The molecule has 0 aliphatic rings. The molecule has 3 heteroatoms. The smallest absolute Gasteiger partial charge is 0.195 e. The summed E-state index contributed by atoms with van der Waals surface area (Å²) in [5.74, 6) is 0.0332. The van der Waals surface area contributed by atoms with Crippen LogP contribution in [0.4, 0.5) is 11.4 Å². The molecule has 0 spiro atoms. The Labute approximate surface area is 155 Å². The molecule has 3 nitrogen and oxygen atoms in total. The molecule has 0 aliphatic heterocycles. The largest absolute Gasteiger partial charge is 0.380 e. The van der Waals surface area contributed by atoms with E-state index in [1.165, 1.54) is 5.56 Å². The highest BCUT2D eigenvalue weighted by Gasteiger charge is 2.15. The Morgan fingerprint density at radius 2 is 1.62 bits per heavy atom. The van der Waals surface area contributed by atoms with Crippen LogP contribution in [0.2, 0.25) is 0 Å². The van der Waals surface area contributed by atoms with Crippen molar-refractivity contribution in [3.05, 3.63) is 95.1 Å². The van der Waals surface area contributed by atoms with Crippen LogP contribution >= 0.6 is 0 Å². The second kappa shape index (κ2) is 7.87. The van der Waals surface area contributed by atoms with E-state index >= 15 is 0 Å². The van der Waals surface area contributed by atoms with Crippen LogP contribution in [-0.2, 0) is 6.54 Å². The van der Waals surface area contributed by atoms with Crippen molar-refractivity contribution in [1.82, 2.24) is 0 Å². The van der Waals surface area contributed by atoms with Crippen molar-refractivity contribution < 1.29 is 4.79 Å². The maximum atomic E-state index is 13.0. The average Bonchev–Trinajstić information content (AvgIpc) is 2.67. The molecule has 0 amide bonds. The van der Waals surface area contributed by atoms with Gasteiger partial charge in [0.1, 0.15) is 0 Å². The van der Waals surface area contributed by atoms with Gasteiger partial charge in [-0.1, -0.05) is 60.2 Å². The number of rotatable bonds is 6. The molecule has 3 aromatic carbocycles. The van der Waals surface area contributed by atoms with E-state index in [-0.39, 0.29) is 5.78 Å². The SMILES string of the molecule is Cc1ccc(C(=O)c2ccc(N(C)C)cc2NCc2ccccc2)cc1. The van der Waals surface area contributed by atoms with Crippen LogP contribution < -0.4 is 10.2 Å². The minimum Gasteiger partial charge on any atom is -0.380 e. The van der Waals surface area contributed by atoms with Crippen molar-refractivity contribution >= 4 is 17.2 Å². The molecule has 0 saturated carbocycles. The van der Waals surface area contributed by atoms with Crippen LogP contribution in [-0.4, -0.2) is 19.9 Å². The zero-order valence-corrected chi connectivity index (χ0v) is 15.5. The fourth-order valence-electron chi connectivity index (χ4n) is 2.81. The molecule has 0 unspecified atom stereocenters. The van der Waals surface area contributed by atoms with E-state index in [4.69, 9.17) is 0 Å². The molecule has 0 aliphatic carbocycles. The van der Waals surface area contributed by atoms with E-state index in [9.17, 15) is 4.79 Å². The standard InChI is InChI=1S/C23H24N2O/c1-17-9-11-19(12-10-17)23(26)21-14-13-20(25(2)3)15-22(21)24-16-18-7-5-4-6-8-18/h4-15,24H,16H2,1-3H3. The second-order valence-electron chi connectivity index (χ2n) is 6.66. The van der Waals surface area contributed by atoms with Gasteiger partial charge in [0.25, 0.3) is 0 Å². The molecule has 3 aromatic rings. The van der Waals surface area contributed by atoms with Crippen LogP contribution in [0.5, 0.6) is 0 Å². The van der Waals surface area contributed by atoms with E-state index in [2.05, 4.69) is 17.4 Å². The molecule has 0 bridgehead atoms. The summed E-state index contributed by atoms with van der Waals surface area (Å²) in [5, 5.41) is 3.44. The number of benzene rings is 3. The molecule has 0 saturated heterocycles. The van der Waals surface area contributed by atoms with Crippen molar-refractivity contribution in [3.63, 3.8) is 0 Å². The summed E-state index contributed by atoms with van der Waals surface area (Å²) in [4.78, 5) is 15.1. The van der Waals surface area contributed by atoms with Crippen molar-refractivity contribution in [3.8, 4) is 0 Å². The summed E-state index contributed by atoms with van der Waals surface area (Å²) in [5.41, 5.74) is 5.63. The third kappa shape index (κ3) is 4.12. The lowest BCUT2D eigenvalue weighted by atomic mass is 10.00. The lowest BCUT2D eigenvalue weighted by Gasteiger charge is -2.17. The number of hydrogen-bond donors (Lipinski definition) is 1. The molecule has 0 fully saturated rings. The first-order valence-corrected chi connectivity index (χ1v) is 8.75. The average molecular weight is 344 g/mol. The number of nitrogens with one attached hydrogen (secondary N) is 1. The Hall–Kier alpha value is -3.07. The van der Waals surface area contributed by atoms with Gasteiger partial charge in [-0.3, -0.25) is 4.79 Å². The quantitative estimate of drug-likeness (QED) is 0.645. The molecule has 0 atom stereocenters. The van der Waals surface area contributed by atoms with Gasteiger partial charge in [-0.05, 0) is 30.7 Å². The third-order valence-electron chi connectivity index (χ3n) is 4.40. The molecule has 0 heterocycles. The molecule has 3 rings (SSSR count). The van der Waals surface area contributed by atoms with E-state index in [1.807, 2.05) is 86.6 Å². The molecule has 0 aromatic heterocycles. The van der Waals surface area contributed by atoms with Gasteiger partial charge >= 0.3 is 0 Å². The second-order valence-corrected chi connectivity index (χ2v) is 6.66. The Morgan fingerprint density at radius 3 is 2.27 bits per heavy atom. The highest BCUT2D eigenvalue weighted by atomic mass is 16.1. The van der Waals surface area contributed by atoms with E-state index < -0.39 is 0 Å². The zero-order chi connectivity index (χ0) is 18.5. The van der Waals surface area contributed by atoms with Crippen LogP contribution in [0, 0.1) is 6.92 Å². The number of carbonyl (C=O) groups is 1. The van der Waals surface area contributed by atoms with Gasteiger partial charge in [0.05, 0.1) is 0 Å². The van der Waals surface area contributed by atoms with Crippen LogP contribution in [0.3, 0.4) is 0 Å². The Morgan fingerprint density at radius 1 is 0.923 bits per heavy atom. The normalized spacial score (nSPS) is 10.4. The summed E-state index contributed by atoms with van der Waals surface area (Å²) in [6, 6.07) is 23.8. The molecule has 1 N–H and O–H groups in total. The summed E-state index contributed by atoms with van der Waals surface area (Å²) < 4.78 is 0. The van der Waals surface area contributed by atoms with Crippen LogP contribution in [0.25, 0.3) is 0 Å². The lowest BCUT2D eigenvalue weighted by molar-refractivity contribution is 0.103. The van der Waals surface area contributed by atoms with E-state index in [0.29, 0.717) is 17.7 Å². The zero-order valence-electron chi connectivity index (χ0n) is 15.5. The number of ketones is 1. The van der Waals surface area contributed by atoms with Gasteiger partial charge in [0.15, 0.2) is 5.78 Å². The Balaban J connectivity index is 1.92. The summed E-state index contributed by atoms with van der Waals surface area (Å²) in [7, 11) is 4.00. The summed E-state index contributed by atoms with van der Waals surface area (Å²) in [6.07, 6.45) is 0. The van der Waals surface area contributed by atoms with E-state index in [1.54, 1.807) is 0 Å². The number of aryl methyl sites for hydroxylation is 1. The maximum Gasteiger partial charge on any atom is 0.195 e. The van der Waals surface area contributed by atoms with Crippen molar-refractivity contribution in [1.29, 1.82) is 0 Å². The highest BCUT2D eigenvalue weighted by molar-refractivity contribution is 6.12. The van der Waals surface area contributed by atoms with Crippen LogP contribution in [0.1, 0.15) is 27.0 Å². The number of anilines is 2. The van der Waals surface area contributed by atoms with Gasteiger partial charge < -0.3 is 10.2 Å². The van der Waals surface area contributed by atoms with Crippen LogP contribution in [0.15, 0.2) is 72.8 Å². The molecule has 26 heavy (non-hydrogen) atoms. The van der Waals surface area contributed by atoms with Gasteiger partial charge in [-0.15, -0.1) is 0 Å². The third-order valence-corrected chi connectivity index (χ3v) is 4.40. The summed E-state index contributed by atoms with van der Waals surface area (Å²) in [6.45, 7) is 2.69. The van der Waals surface area contributed by atoms with E-state index in [0.717, 1.165) is 16.9 Å². The number of nitrogens with zero attached hydrogens (tertiary/aromatic N) is 1. The lowest BCUT2D eigenvalue weighted by Crippen LogP contribution is -2.12. The minimum absolute atomic E-state index is 0.0332. The van der Waals surface area contributed by atoms with Crippen molar-refractivity contribution in [2.24, 2.45) is 0 Å². The van der Waals surface area contributed by atoms with Crippen molar-refractivity contribution in [2.75, 3.05) is 24.3 Å². The molecular formula is C23H24N2O. The fraction of sp³-hybridized carbons (Fsp3) is 0.174. The highest BCUT2D eigenvalue weighted by Crippen LogP contribution is 2.26. The Kier molecular flexibility index (Phi) is 5.37. The first kappa shape index (κ1) is 17.7. The molecule has 132 valence electrons. The van der Waals surface area contributed by atoms with Gasteiger partial charge in [-0.2, -0.15) is 0 Å². The maximum absolute atomic E-state index is 13.0. The van der Waals surface area contributed by atoms with Gasteiger partial charge in [0.2, 0.25) is 0 Å². The predicted octanol–water partition coefficient (Wildman–Crippen LogP) is 4.90. The Bertz CT molecular complexity index is 884. The fourth-order valence-corrected chi connectivity index (χ4v) is 2.81. The molecular weight excluding hydrogens is 320 g/mol. The minimum atomic E-state index is 0.0332.